The van der Waals surface area contributed by atoms with Crippen LogP contribution in [0.4, 0.5) is 5.82 Å². The Morgan fingerprint density at radius 1 is 1.25 bits per heavy atom. The molecule has 0 spiro atoms. The lowest BCUT2D eigenvalue weighted by molar-refractivity contribution is 0.373. The Balaban J connectivity index is 1.60. The molecule has 0 unspecified atom stereocenters. The molecule has 3 rings (SSSR count). The third-order valence-corrected chi connectivity index (χ3v) is 5.19. The van der Waals surface area contributed by atoms with Crippen LogP contribution in [-0.2, 0) is 10.2 Å². The molecule has 0 radical (unpaired) electrons. The summed E-state index contributed by atoms with van der Waals surface area (Å²) >= 11 is 0. The van der Waals surface area contributed by atoms with Gasteiger partial charge in [-0.05, 0) is 55.9 Å². The van der Waals surface area contributed by atoms with Gasteiger partial charge in [0, 0.05) is 25.0 Å². The predicted molar refractivity (Wildman–Crippen MR) is 95.1 cm³/mol. The molecule has 1 saturated heterocycles. The summed E-state index contributed by atoms with van der Waals surface area (Å²) in [4.78, 5) is 11.1. The number of anilines is 1. The number of rotatable bonds is 6. The molecular formula is C16H23N5O2S. The molecule has 0 saturated carbocycles. The van der Waals surface area contributed by atoms with Crippen LogP contribution < -0.4 is 14.8 Å². The predicted octanol–water partition coefficient (Wildman–Crippen LogP) is 1.26. The Labute approximate surface area is 142 Å². The average Bonchev–Trinajstić information content (AvgIpc) is 2.45. The fraction of sp³-hybridized carbons (Fsp3) is 0.500. The van der Waals surface area contributed by atoms with E-state index in [4.69, 9.17) is 5.14 Å². The average molecular weight is 349 g/mol. The maximum absolute atomic E-state index is 10.8. The highest BCUT2D eigenvalue weighted by Gasteiger charge is 2.28. The van der Waals surface area contributed by atoms with Gasteiger partial charge in [0.2, 0.25) is 0 Å². The van der Waals surface area contributed by atoms with Crippen molar-refractivity contribution < 1.29 is 8.42 Å². The third-order valence-electron chi connectivity index (χ3n) is 4.58. The minimum absolute atomic E-state index is 0.393. The van der Waals surface area contributed by atoms with Crippen molar-refractivity contribution in [3.05, 3.63) is 29.6 Å². The van der Waals surface area contributed by atoms with E-state index in [1.54, 1.807) is 6.33 Å². The van der Waals surface area contributed by atoms with E-state index in [2.05, 4.69) is 45.6 Å². The number of nitrogens with one attached hydrogen (secondary N) is 1. The summed E-state index contributed by atoms with van der Waals surface area (Å²) in [5.74, 6) is 1.55. The molecule has 130 valence electrons. The molecular weight excluding hydrogens is 326 g/mol. The fourth-order valence-electron chi connectivity index (χ4n) is 3.08. The Hall–Kier alpha value is -1.77. The van der Waals surface area contributed by atoms with E-state index in [9.17, 15) is 8.42 Å². The van der Waals surface area contributed by atoms with Crippen LogP contribution in [0.25, 0.3) is 10.9 Å². The second-order valence-corrected chi connectivity index (χ2v) is 7.88. The summed E-state index contributed by atoms with van der Waals surface area (Å²) in [7, 11) is -3.57. The molecule has 0 amide bonds. The SMILES string of the molecule is Cc1cc2ncnc(N3CC(CCCNS(N)(=O)=O)C3)c2cc1C. The zero-order chi connectivity index (χ0) is 17.3. The van der Waals surface area contributed by atoms with Crippen molar-refractivity contribution in [1.29, 1.82) is 0 Å². The zero-order valence-corrected chi connectivity index (χ0v) is 14.8. The van der Waals surface area contributed by atoms with Gasteiger partial charge < -0.3 is 4.90 Å². The third kappa shape index (κ3) is 3.82. The summed E-state index contributed by atoms with van der Waals surface area (Å²) in [6.45, 7) is 6.46. The number of benzene rings is 1. The number of aromatic nitrogens is 2. The molecule has 0 aliphatic carbocycles. The monoisotopic (exact) mass is 349 g/mol. The summed E-state index contributed by atoms with van der Waals surface area (Å²) in [6.07, 6.45) is 3.38. The second kappa shape index (κ2) is 6.62. The van der Waals surface area contributed by atoms with Gasteiger partial charge in [-0.2, -0.15) is 8.42 Å². The molecule has 2 heterocycles. The van der Waals surface area contributed by atoms with E-state index in [0.29, 0.717) is 12.5 Å². The second-order valence-electron chi connectivity index (χ2n) is 6.50. The van der Waals surface area contributed by atoms with Gasteiger partial charge in [-0.15, -0.1) is 0 Å². The molecule has 1 aromatic carbocycles. The van der Waals surface area contributed by atoms with Gasteiger partial charge in [-0.25, -0.2) is 19.8 Å². The van der Waals surface area contributed by atoms with Crippen LogP contribution in [0.15, 0.2) is 18.5 Å². The number of nitrogens with zero attached hydrogens (tertiary/aromatic N) is 3. The van der Waals surface area contributed by atoms with Crippen molar-refractivity contribution >= 4 is 26.9 Å². The van der Waals surface area contributed by atoms with Crippen LogP contribution in [0.3, 0.4) is 0 Å². The van der Waals surface area contributed by atoms with Crippen LogP contribution in [0, 0.1) is 19.8 Å². The lowest BCUT2D eigenvalue weighted by atomic mass is 9.94. The normalized spacial score (nSPS) is 15.7. The van der Waals surface area contributed by atoms with E-state index in [0.717, 1.165) is 42.7 Å². The van der Waals surface area contributed by atoms with Crippen molar-refractivity contribution in [3.63, 3.8) is 0 Å². The largest absolute Gasteiger partial charge is 0.355 e. The smallest absolute Gasteiger partial charge is 0.274 e. The van der Waals surface area contributed by atoms with Crippen molar-refractivity contribution in [2.45, 2.75) is 26.7 Å². The molecule has 0 bridgehead atoms. The molecule has 3 N–H and O–H groups in total. The van der Waals surface area contributed by atoms with Gasteiger partial charge in [-0.1, -0.05) is 0 Å². The number of nitrogens with two attached hydrogens (primary N) is 1. The van der Waals surface area contributed by atoms with Crippen LogP contribution in [0.2, 0.25) is 0 Å². The number of hydrogen-bond donors (Lipinski definition) is 2. The summed E-state index contributed by atoms with van der Waals surface area (Å²) in [5, 5.41) is 6.00. The Bertz CT molecular complexity index is 847. The van der Waals surface area contributed by atoms with E-state index >= 15 is 0 Å². The van der Waals surface area contributed by atoms with E-state index in [1.807, 2.05) is 0 Å². The van der Waals surface area contributed by atoms with Crippen molar-refractivity contribution in [2.24, 2.45) is 11.1 Å². The highest BCUT2D eigenvalue weighted by Crippen LogP contribution is 2.31. The molecule has 8 heteroatoms. The maximum atomic E-state index is 10.8. The first-order valence-corrected chi connectivity index (χ1v) is 9.62. The minimum atomic E-state index is -3.57. The van der Waals surface area contributed by atoms with Crippen molar-refractivity contribution in [1.82, 2.24) is 14.7 Å². The molecule has 1 fully saturated rings. The lowest BCUT2D eigenvalue weighted by Crippen LogP contribution is -2.47. The first-order valence-electron chi connectivity index (χ1n) is 8.08. The van der Waals surface area contributed by atoms with Crippen LogP contribution in [0.1, 0.15) is 24.0 Å². The van der Waals surface area contributed by atoms with Crippen LogP contribution in [0.5, 0.6) is 0 Å². The molecule has 0 atom stereocenters. The summed E-state index contributed by atoms with van der Waals surface area (Å²) in [6, 6.07) is 4.26. The molecule has 1 aliphatic rings. The van der Waals surface area contributed by atoms with Crippen molar-refractivity contribution in [2.75, 3.05) is 24.5 Å². The molecule has 7 nitrogen and oxygen atoms in total. The molecule has 1 aromatic heterocycles. The van der Waals surface area contributed by atoms with Crippen molar-refractivity contribution in [3.8, 4) is 0 Å². The lowest BCUT2D eigenvalue weighted by Gasteiger charge is -2.40. The molecule has 2 aromatic rings. The highest BCUT2D eigenvalue weighted by atomic mass is 32.2. The van der Waals surface area contributed by atoms with E-state index < -0.39 is 10.2 Å². The molecule has 1 aliphatic heterocycles. The van der Waals surface area contributed by atoms with Gasteiger partial charge in [0.15, 0.2) is 0 Å². The number of aryl methyl sites for hydroxylation is 2. The van der Waals surface area contributed by atoms with Gasteiger partial charge in [0.25, 0.3) is 10.2 Å². The Kier molecular flexibility index (Phi) is 4.71. The summed E-state index contributed by atoms with van der Waals surface area (Å²) < 4.78 is 24.0. The first-order chi connectivity index (χ1) is 11.3. The quantitative estimate of drug-likeness (QED) is 0.765. The standard InChI is InChI=1S/C16H23N5O2S/c1-11-6-14-15(7-12(11)2)18-10-19-16(14)21-8-13(9-21)4-3-5-20-24(17,22)23/h6-7,10,13,20H,3-5,8-9H2,1-2H3,(H2,17,22,23). The molecule has 24 heavy (non-hydrogen) atoms. The Morgan fingerprint density at radius 2 is 1.96 bits per heavy atom. The van der Waals surface area contributed by atoms with Gasteiger partial charge in [-0.3, -0.25) is 0 Å². The van der Waals surface area contributed by atoms with Crippen LogP contribution in [-0.4, -0.2) is 38.0 Å². The van der Waals surface area contributed by atoms with Gasteiger partial charge >= 0.3 is 0 Å². The topological polar surface area (TPSA) is 101 Å². The zero-order valence-electron chi connectivity index (χ0n) is 14.0. The first kappa shape index (κ1) is 17.1. The Morgan fingerprint density at radius 3 is 2.67 bits per heavy atom. The van der Waals surface area contributed by atoms with E-state index in [1.165, 1.54) is 11.1 Å². The minimum Gasteiger partial charge on any atom is -0.355 e. The highest BCUT2D eigenvalue weighted by molar-refractivity contribution is 7.87. The maximum Gasteiger partial charge on any atom is 0.274 e. The summed E-state index contributed by atoms with van der Waals surface area (Å²) in [5.41, 5.74) is 3.45. The fourth-order valence-corrected chi connectivity index (χ4v) is 3.51. The van der Waals surface area contributed by atoms with Gasteiger partial charge in [0.1, 0.15) is 12.1 Å². The number of hydrogen-bond acceptors (Lipinski definition) is 5. The number of fused-ring (bicyclic) bond motifs is 1. The van der Waals surface area contributed by atoms with Gasteiger partial charge in [0.05, 0.1) is 5.52 Å². The van der Waals surface area contributed by atoms with E-state index in [-0.39, 0.29) is 0 Å². The van der Waals surface area contributed by atoms with Crippen LogP contribution >= 0.6 is 0 Å².